The number of aliphatic hydroxyl groups is 1. The Labute approximate surface area is 137 Å². The number of carbonyl (C=O) groups is 1. The second-order valence-corrected chi connectivity index (χ2v) is 7.77. The van der Waals surface area contributed by atoms with Gasteiger partial charge in [-0.25, -0.2) is 4.39 Å². The van der Waals surface area contributed by atoms with E-state index in [4.69, 9.17) is 4.74 Å². The number of ether oxygens (including phenoxy) is 1. The van der Waals surface area contributed by atoms with Crippen molar-refractivity contribution in [2.45, 2.75) is 58.5 Å². The molecule has 1 fully saturated rings. The van der Waals surface area contributed by atoms with E-state index in [-0.39, 0.29) is 29.7 Å². The molecule has 128 valence electrons. The van der Waals surface area contributed by atoms with Crippen molar-refractivity contribution in [3.05, 3.63) is 35.6 Å². The van der Waals surface area contributed by atoms with Gasteiger partial charge in [-0.2, -0.15) is 0 Å². The van der Waals surface area contributed by atoms with Gasteiger partial charge in [0.25, 0.3) is 0 Å². The van der Waals surface area contributed by atoms with Crippen LogP contribution in [-0.4, -0.2) is 23.3 Å². The Morgan fingerprint density at radius 3 is 2.30 bits per heavy atom. The third kappa shape index (κ3) is 5.03. The van der Waals surface area contributed by atoms with E-state index < -0.39 is 5.60 Å². The average Bonchev–Trinajstić information content (AvgIpc) is 2.48. The van der Waals surface area contributed by atoms with Crippen LogP contribution in [0.25, 0.3) is 0 Å². The number of esters is 1. The van der Waals surface area contributed by atoms with Crippen molar-refractivity contribution in [2.24, 2.45) is 11.3 Å². The van der Waals surface area contributed by atoms with Crippen molar-refractivity contribution in [3.8, 4) is 0 Å². The first kappa shape index (κ1) is 17.9. The highest BCUT2D eigenvalue weighted by atomic mass is 19.1. The summed E-state index contributed by atoms with van der Waals surface area (Å²) in [5.74, 6) is -0.464. The summed E-state index contributed by atoms with van der Waals surface area (Å²) in [5.41, 5.74) is 0.351. The topological polar surface area (TPSA) is 46.5 Å². The summed E-state index contributed by atoms with van der Waals surface area (Å²) < 4.78 is 18.5. The minimum atomic E-state index is -0.462. The molecule has 0 heterocycles. The van der Waals surface area contributed by atoms with Crippen LogP contribution in [0.3, 0.4) is 0 Å². The van der Waals surface area contributed by atoms with Gasteiger partial charge in [0.05, 0.1) is 5.92 Å². The molecule has 0 atom stereocenters. The van der Waals surface area contributed by atoms with E-state index in [2.05, 4.69) is 0 Å². The van der Waals surface area contributed by atoms with Crippen LogP contribution in [0, 0.1) is 17.2 Å². The normalized spacial score (nSPS) is 25.2. The highest BCUT2D eigenvalue weighted by Crippen LogP contribution is 2.42. The van der Waals surface area contributed by atoms with Crippen molar-refractivity contribution in [3.63, 3.8) is 0 Å². The van der Waals surface area contributed by atoms with Gasteiger partial charge in [0.15, 0.2) is 0 Å². The average molecular weight is 322 g/mol. The Bertz CT molecular complexity index is 523. The molecular weight excluding hydrogens is 295 g/mol. The molecule has 2 rings (SSSR count). The summed E-state index contributed by atoms with van der Waals surface area (Å²) in [6.07, 6.45) is 3.74. The summed E-state index contributed by atoms with van der Waals surface area (Å²) in [6.45, 7) is 5.71. The Morgan fingerprint density at radius 1 is 1.26 bits per heavy atom. The van der Waals surface area contributed by atoms with Crippen LogP contribution in [0.1, 0.15) is 52.0 Å². The lowest BCUT2D eigenvalue weighted by Crippen LogP contribution is -2.37. The molecule has 1 aliphatic rings. The summed E-state index contributed by atoms with van der Waals surface area (Å²) in [5, 5.41) is 9.88. The van der Waals surface area contributed by atoms with Crippen LogP contribution < -0.4 is 0 Å². The lowest BCUT2D eigenvalue weighted by molar-refractivity contribution is -0.162. The molecule has 1 N–H and O–H groups in total. The van der Waals surface area contributed by atoms with Crippen molar-refractivity contribution in [1.29, 1.82) is 0 Å². The number of benzene rings is 1. The SMILES string of the molecule is CC(C)(C)OC(=O)C1CCC(CO)(Cc2ccc(F)cc2)CC1. The zero-order chi connectivity index (χ0) is 17.1. The van der Waals surface area contributed by atoms with Crippen LogP contribution in [0.5, 0.6) is 0 Å². The van der Waals surface area contributed by atoms with Crippen LogP contribution in [-0.2, 0) is 16.0 Å². The smallest absolute Gasteiger partial charge is 0.309 e. The monoisotopic (exact) mass is 322 g/mol. The zero-order valence-corrected chi connectivity index (χ0v) is 14.3. The van der Waals surface area contributed by atoms with Gasteiger partial charge in [0.1, 0.15) is 11.4 Å². The second-order valence-electron chi connectivity index (χ2n) is 7.77. The van der Waals surface area contributed by atoms with Gasteiger partial charge in [0, 0.05) is 6.61 Å². The number of hydrogen-bond acceptors (Lipinski definition) is 3. The molecule has 0 unspecified atom stereocenters. The fraction of sp³-hybridized carbons (Fsp3) is 0.632. The van der Waals surface area contributed by atoms with E-state index in [0.717, 1.165) is 31.2 Å². The first-order valence-corrected chi connectivity index (χ1v) is 8.31. The number of carbonyl (C=O) groups excluding carboxylic acids is 1. The van der Waals surface area contributed by atoms with E-state index in [9.17, 15) is 14.3 Å². The first-order valence-electron chi connectivity index (χ1n) is 8.31. The molecule has 0 saturated heterocycles. The van der Waals surface area contributed by atoms with Crippen molar-refractivity contribution >= 4 is 5.97 Å². The molecule has 0 spiro atoms. The maximum Gasteiger partial charge on any atom is 0.309 e. The van der Waals surface area contributed by atoms with Gasteiger partial charge in [-0.1, -0.05) is 12.1 Å². The standard InChI is InChI=1S/C19H27FO3/c1-18(2,3)23-17(22)15-8-10-19(13-21,11-9-15)12-14-4-6-16(20)7-5-14/h4-7,15,21H,8-13H2,1-3H3. The largest absolute Gasteiger partial charge is 0.460 e. The molecule has 1 saturated carbocycles. The van der Waals surface area contributed by atoms with E-state index in [0.29, 0.717) is 6.42 Å². The molecule has 4 heteroatoms. The second kappa shape index (κ2) is 7.00. The van der Waals surface area contributed by atoms with Crippen LogP contribution in [0.4, 0.5) is 4.39 Å². The van der Waals surface area contributed by atoms with Gasteiger partial charge in [-0.15, -0.1) is 0 Å². The third-order valence-corrected chi connectivity index (χ3v) is 4.61. The molecule has 0 aromatic heterocycles. The molecule has 3 nitrogen and oxygen atoms in total. The molecule has 0 bridgehead atoms. The zero-order valence-electron chi connectivity index (χ0n) is 14.3. The number of aliphatic hydroxyl groups excluding tert-OH is 1. The van der Waals surface area contributed by atoms with Gasteiger partial charge in [-0.05, 0) is 76.0 Å². The Balaban J connectivity index is 1.96. The van der Waals surface area contributed by atoms with E-state index in [1.165, 1.54) is 12.1 Å². The van der Waals surface area contributed by atoms with Crippen molar-refractivity contribution in [2.75, 3.05) is 6.61 Å². The Morgan fingerprint density at radius 2 is 1.83 bits per heavy atom. The maximum absolute atomic E-state index is 13.0. The summed E-state index contributed by atoms with van der Waals surface area (Å²) in [6, 6.07) is 6.44. The number of halogens is 1. The molecule has 1 aromatic rings. The first-order chi connectivity index (χ1) is 10.7. The van der Waals surface area contributed by atoms with Gasteiger partial charge >= 0.3 is 5.97 Å². The van der Waals surface area contributed by atoms with Gasteiger partial charge in [-0.3, -0.25) is 4.79 Å². The highest BCUT2D eigenvalue weighted by Gasteiger charge is 2.38. The summed E-state index contributed by atoms with van der Waals surface area (Å²) in [7, 11) is 0. The highest BCUT2D eigenvalue weighted by molar-refractivity contribution is 5.73. The fourth-order valence-electron chi connectivity index (χ4n) is 3.28. The van der Waals surface area contributed by atoms with E-state index in [1.54, 1.807) is 12.1 Å². The van der Waals surface area contributed by atoms with Crippen molar-refractivity contribution < 1.29 is 19.0 Å². The minimum Gasteiger partial charge on any atom is -0.460 e. The number of rotatable bonds is 4. The summed E-state index contributed by atoms with van der Waals surface area (Å²) >= 11 is 0. The van der Waals surface area contributed by atoms with E-state index in [1.807, 2.05) is 20.8 Å². The molecule has 0 amide bonds. The van der Waals surface area contributed by atoms with Crippen molar-refractivity contribution in [1.82, 2.24) is 0 Å². The quantitative estimate of drug-likeness (QED) is 0.856. The molecule has 23 heavy (non-hydrogen) atoms. The van der Waals surface area contributed by atoms with E-state index >= 15 is 0 Å². The summed E-state index contributed by atoms with van der Waals surface area (Å²) in [4.78, 5) is 12.2. The lowest BCUT2D eigenvalue weighted by Gasteiger charge is -2.39. The Kier molecular flexibility index (Phi) is 5.45. The van der Waals surface area contributed by atoms with Crippen LogP contribution in [0.2, 0.25) is 0 Å². The molecule has 1 aliphatic carbocycles. The fourth-order valence-corrected chi connectivity index (χ4v) is 3.28. The van der Waals surface area contributed by atoms with Crippen LogP contribution in [0.15, 0.2) is 24.3 Å². The Hall–Kier alpha value is -1.42. The third-order valence-electron chi connectivity index (χ3n) is 4.61. The predicted molar refractivity (Wildman–Crippen MR) is 87.4 cm³/mol. The lowest BCUT2D eigenvalue weighted by atomic mass is 9.68. The van der Waals surface area contributed by atoms with Gasteiger partial charge in [0.2, 0.25) is 0 Å². The number of hydrogen-bond donors (Lipinski definition) is 1. The molecule has 0 radical (unpaired) electrons. The minimum absolute atomic E-state index is 0.0814. The predicted octanol–water partition coefficient (Wildman–Crippen LogP) is 3.88. The van der Waals surface area contributed by atoms with Gasteiger partial charge < -0.3 is 9.84 Å². The molecular formula is C19H27FO3. The van der Waals surface area contributed by atoms with Crippen LogP contribution >= 0.6 is 0 Å². The maximum atomic E-state index is 13.0. The molecule has 1 aromatic carbocycles. The molecule has 0 aliphatic heterocycles.